The zero-order valence-corrected chi connectivity index (χ0v) is 16.1. The van der Waals surface area contributed by atoms with Crippen LogP contribution in [0.3, 0.4) is 0 Å². The molecule has 0 unspecified atom stereocenters. The second-order valence-corrected chi connectivity index (χ2v) is 9.14. The summed E-state index contributed by atoms with van der Waals surface area (Å²) in [6.45, 7) is 19.9. The van der Waals surface area contributed by atoms with Gasteiger partial charge in [-0.1, -0.05) is 51.7 Å². The molecular formula is C15H19O3SiW+. The van der Waals surface area contributed by atoms with Gasteiger partial charge in [-0.3, -0.25) is 11.8 Å². The minimum Gasteiger partial charge on any atom is 2.00 e. The Morgan fingerprint density at radius 3 is 1.10 bits per heavy atom. The molecule has 0 aromatic carbocycles. The van der Waals surface area contributed by atoms with E-state index in [-0.39, 0.29) is 21.1 Å². The van der Waals surface area contributed by atoms with Crippen LogP contribution in [-0.4, -0.2) is 8.07 Å². The molecule has 0 aromatic rings. The van der Waals surface area contributed by atoms with E-state index in [2.05, 4.69) is 51.1 Å². The Bertz CT molecular complexity index is 309. The predicted octanol–water partition coefficient (Wildman–Crippen LogP) is 3.29. The van der Waals surface area contributed by atoms with Gasteiger partial charge in [-0.2, -0.15) is 0 Å². The van der Waals surface area contributed by atoms with Crippen LogP contribution < -0.4 is 0 Å². The van der Waals surface area contributed by atoms with Crippen LogP contribution in [-0.2, 0) is 35.0 Å². The summed E-state index contributed by atoms with van der Waals surface area (Å²) in [6, 6.07) is 0. The van der Waals surface area contributed by atoms with E-state index in [4.69, 9.17) is 20.4 Å². The predicted molar refractivity (Wildman–Crippen MR) is 73.1 cm³/mol. The van der Waals surface area contributed by atoms with Gasteiger partial charge in [0.25, 0.3) is 0 Å². The molecule has 0 heterocycles. The van der Waals surface area contributed by atoms with Gasteiger partial charge in [-0.05, 0) is 0 Å². The van der Waals surface area contributed by atoms with Crippen molar-refractivity contribution < 1.29 is 35.0 Å². The maximum atomic E-state index is 7.50. The molecule has 1 aliphatic carbocycles. The fraction of sp³-hybridized carbons (Fsp3) is 0.533. The van der Waals surface area contributed by atoms with Crippen LogP contribution in [0.2, 0.25) is 19.6 Å². The van der Waals surface area contributed by atoms with Gasteiger partial charge in [-0.25, -0.2) is 5.54 Å². The zero-order valence-electron chi connectivity index (χ0n) is 12.2. The molecule has 1 saturated carbocycles. The summed E-state index contributed by atoms with van der Waals surface area (Å²) >= 11 is 0. The van der Waals surface area contributed by atoms with Gasteiger partial charge < -0.3 is 6.42 Å². The quantitative estimate of drug-likeness (QED) is 0.231. The van der Waals surface area contributed by atoms with Crippen LogP contribution >= 0.6 is 0 Å². The summed E-state index contributed by atoms with van der Waals surface area (Å²) in [4.78, 5) is 0. The van der Waals surface area contributed by atoms with E-state index in [0.29, 0.717) is 0 Å². The third kappa shape index (κ3) is 53.2. The van der Waals surface area contributed by atoms with Crippen molar-refractivity contribution in [2.24, 2.45) is 0 Å². The van der Waals surface area contributed by atoms with Crippen molar-refractivity contribution in [2.45, 2.75) is 51.7 Å². The topological polar surface area (TPSA) is 59.7 Å². The van der Waals surface area contributed by atoms with Crippen LogP contribution in [0.15, 0.2) is 0 Å². The van der Waals surface area contributed by atoms with Gasteiger partial charge in [0.2, 0.25) is 0 Å². The maximum Gasteiger partial charge on any atom is 2.00 e. The minimum atomic E-state index is -1.22. The molecule has 0 atom stereocenters. The summed E-state index contributed by atoms with van der Waals surface area (Å²) in [5.74, 6) is 4.56. The van der Waals surface area contributed by atoms with Crippen molar-refractivity contribution in [3.8, 4) is 17.4 Å². The first kappa shape index (κ1) is 31.6. The first-order valence-corrected chi connectivity index (χ1v) is 9.11. The van der Waals surface area contributed by atoms with E-state index >= 15 is 0 Å². The van der Waals surface area contributed by atoms with Crippen molar-refractivity contribution in [1.29, 1.82) is 0 Å². The monoisotopic (exact) mass is 459 g/mol. The number of hydrogen-bond acceptors (Lipinski definition) is 0. The molecule has 0 bridgehead atoms. The first-order chi connectivity index (χ1) is 9.06. The molecule has 5 heteroatoms. The molecule has 106 valence electrons. The van der Waals surface area contributed by atoms with E-state index in [1.807, 2.05) is 5.92 Å². The van der Waals surface area contributed by atoms with Gasteiger partial charge in [0.1, 0.15) is 8.07 Å². The number of rotatable bonds is 0. The molecule has 0 amide bonds. The fourth-order valence-electron chi connectivity index (χ4n) is 1.10. The molecule has 0 radical (unpaired) electrons. The summed E-state index contributed by atoms with van der Waals surface area (Å²) in [7, 11) is -1.22. The summed E-state index contributed by atoms with van der Waals surface area (Å²) in [5, 5.41) is 0. The Balaban J connectivity index is -0.0000000542. The Morgan fingerprint density at radius 1 is 0.750 bits per heavy atom. The van der Waals surface area contributed by atoms with E-state index in [1.54, 1.807) is 0 Å². The molecule has 20 heavy (non-hydrogen) atoms. The second-order valence-electron chi connectivity index (χ2n) is 4.39. The van der Waals surface area contributed by atoms with Crippen LogP contribution in [0.25, 0.3) is 0 Å². The van der Waals surface area contributed by atoms with Crippen molar-refractivity contribution in [2.75, 3.05) is 0 Å². The largest absolute Gasteiger partial charge is 2.00 e. The third-order valence-electron chi connectivity index (χ3n) is 1.75. The Kier molecular flexibility index (Phi) is 48.8. The minimum absolute atomic E-state index is 0. The molecular weight excluding hydrogens is 440 g/mol. The molecule has 0 spiro atoms. The Hall–Kier alpha value is -0.755. The molecule has 0 saturated heterocycles. The van der Waals surface area contributed by atoms with E-state index in [9.17, 15) is 0 Å². The smallest absolute Gasteiger partial charge is 2.00 e. The van der Waals surface area contributed by atoms with Gasteiger partial charge in [0.15, 0.2) is 0 Å². The van der Waals surface area contributed by atoms with Crippen molar-refractivity contribution in [3.05, 3.63) is 26.4 Å². The fourth-order valence-corrected chi connectivity index (χ4v) is 1.54. The van der Waals surface area contributed by atoms with Gasteiger partial charge in [0, 0.05) is 0 Å². The van der Waals surface area contributed by atoms with Crippen molar-refractivity contribution in [1.82, 2.24) is 0 Å². The third-order valence-corrected chi connectivity index (χ3v) is 2.62. The van der Waals surface area contributed by atoms with Crippen molar-refractivity contribution >= 4 is 8.07 Å². The Morgan fingerprint density at radius 2 is 1.00 bits per heavy atom. The van der Waals surface area contributed by atoms with Crippen LogP contribution in [0, 0.1) is 43.8 Å². The summed E-state index contributed by atoms with van der Waals surface area (Å²) < 4.78 is 22.5. The average molecular weight is 459 g/mol. The Labute approximate surface area is 138 Å². The molecule has 0 aromatic heterocycles. The molecule has 1 fully saturated rings. The second kappa shape index (κ2) is 30.9. The van der Waals surface area contributed by atoms with E-state index in [1.165, 1.54) is 32.1 Å². The SMILES string of the molecule is C1CCCC1.[C-]#CC#C[Si](C)(C)C.[C-]#[O+].[C-]#[O+].[C-]#[O+].[W+2]. The zero-order chi connectivity index (χ0) is 16.2. The van der Waals surface area contributed by atoms with Crippen molar-refractivity contribution in [3.63, 3.8) is 0 Å². The first-order valence-electron chi connectivity index (χ1n) is 5.61. The molecule has 1 aliphatic rings. The summed E-state index contributed by atoms with van der Waals surface area (Å²) in [5.41, 5.74) is 2.96. The molecule has 1 rings (SSSR count). The van der Waals surface area contributed by atoms with Gasteiger partial charge >= 0.3 is 55.0 Å². The average Bonchev–Trinajstić information content (AvgIpc) is 3.02. The molecule has 3 nitrogen and oxygen atoms in total. The standard InChI is InChI=1S/C7H9Si.C5H10.3CO.W/c1-5-6-7-8(2,3)4;1-2-4-5-3-1;3*1-2;/h2-4H3;1-5H2;;;;/q-1;;;;;+2. The van der Waals surface area contributed by atoms with Crippen LogP contribution in [0.1, 0.15) is 32.1 Å². The molecule has 0 N–H and O–H groups in total. The van der Waals surface area contributed by atoms with Gasteiger partial charge in [0.05, 0.1) is 0 Å². The van der Waals surface area contributed by atoms with E-state index < -0.39 is 8.07 Å². The number of hydrogen-bond donors (Lipinski definition) is 0. The normalized spacial score (nSPS) is 9.80. The van der Waals surface area contributed by atoms with Crippen LogP contribution in [0.4, 0.5) is 0 Å². The van der Waals surface area contributed by atoms with Gasteiger partial charge in [-0.15, -0.1) is 0 Å². The maximum absolute atomic E-state index is 7.50. The van der Waals surface area contributed by atoms with Crippen LogP contribution in [0.5, 0.6) is 0 Å². The van der Waals surface area contributed by atoms with E-state index in [0.717, 1.165) is 0 Å². The molecule has 0 aliphatic heterocycles. The summed E-state index contributed by atoms with van der Waals surface area (Å²) in [6.07, 6.45) is 14.0.